The lowest BCUT2D eigenvalue weighted by Gasteiger charge is -2.31. The molecule has 3 amide bonds. The predicted molar refractivity (Wildman–Crippen MR) is 74.0 cm³/mol. The Hall–Kier alpha value is -2.25. The molecule has 1 aliphatic heterocycles. The summed E-state index contributed by atoms with van der Waals surface area (Å²) in [4.78, 5) is 24.6. The second kappa shape index (κ2) is 6.25. The van der Waals surface area contributed by atoms with Crippen LogP contribution < -0.4 is 11.1 Å². The number of primary amides is 1. The molecule has 0 radical (unpaired) electrons. The van der Waals surface area contributed by atoms with Crippen LogP contribution in [0.15, 0.2) is 24.3 Å². The molecule has 1 aromatic rings. The van der Waals surface area contributed by atoms with E-state index in [4.69, 9.17) is 5.73 Å². The van der Waals surface area contributed by atoms with Crippen molar-refractivity contribution in [3.8, 4) is 0 Å². The molecular weight excluding hydrogens is 299 g/mol. The molecule has 1 fully saturated rings. The maximum atomic E-state index is 12.6. The number of carbonyl (C=O) groups is 2. The van der Waals surface area contributed by atoms with E-state index in [1.165, 1.54) is 17.0 Å². The Morgan fingerprint density at radius 1 is 1.32 bits per heavy atom. The molecule has 1 saturated heterocycles. The van der Waals surface area contributed by atoms with Crippen LogP contribution in [0, 0.1) is 5.92 Å². The van der Waals surface area contributed by atoms with Crippen LogP contribution in [0.25, 0.3) is 0 Å². The molecule has 0 bridgehead atoms. The number of alkyl halides is 3. The number of carbonyl (C=O) groups excluding carboxylic acids is 2. The van der Waals surface area contributed by atoms with E-state index in [0.717, 1.165) is 12.1 Å². The lowest BCUT2D eigenvalue weighted by molar-refractivity contribution is -0.137. The summed E-state index contributed by atoms with van der Waals surface area (Å²) >= 11 is 0. The first-order valence-corrected chi connectivity index (χ1v) is 6.80. The first-order chi connectivity index (χ1) is 10.3. The van der Waals surface area contributed by atoms with Gasteiger partial charge in [0, 0.05) is 18.8 Å². The lowest BCUT2D eigenvalue weighted by atomic mass is 9.98. The van der Waals surface area contributed by atoms with Crippen molar-refractivity contribution in [1.29, 1.82) is 0 Å². The van der Waals surface area contributed by atoms with E-state index in [-0.39, 0.29) is 12.2 Å². The van der Waals surface area contributed by atoms with E-state index in [9.17, 15) is 22.8 Å². The summed E-state index contributed by atoms with van der Waals surface area (Å²) in [6, 6.07) is 3.86. The van der Waals surface area contributed by atoms with Crippen molar-refractivity contribution in [1.82, 2.24) is 4.90 Å². The molecule has 120 valence electrons. The van der Waals surface area contributed by atoms with Gasteiger partial charge >= 0.3 is 12.2 Å². The molecule has 1 aromatic carbocycles. The van der Waals surface area contributed by atoms with Crippen LogP contribution in [0.5, 0.6) is 0 Å². The lowest BCUT2D eigenvalue weighted by Crippen LogP contribution is -2.45. The zero-order valence-electron chi connectivity index (χ0n) is 11.7. The van der Waals surface area contributed by atoms with Gasteiger partial charge < -0.3 is 16.0 Å². The largest absolute Gasteiger partial charge is 0.416 e. The van der Waals surface area contributed by atoms with Crippen LogP contribution in [-0.2, 0) is 11.0 Å². The molecule has 1 aliphatic rings. The predicted octanol–water partition coefficient (Wildman–Crippen LogP) is 2.43. The van der Waals surface area contributed by atoms with E-state index in [1.807, 2.05) is 0 Å². The topological polar surface area (TPSA) is 75.4 Å². The van der Waals surface area contributed by atoms with Gasteiger partial charge in [-0.2, -0.15) is 13.2 Å². The minimum absolute atomic E-state index is 0.0565. The molecule has 0 aromatic heterocycles. The average molecular weight is 315 g/mol. The highest BCUT2D eigenvalue weighted by molar-refractivity contribution is 5.90. The SMILES string of the molecule is NC(=O)C1CCCN(C(=O)Nc2cccc(C(F)(F)F)c2)C1. The number of nitrogens with zero attached hydrogens (tertiary/aromatic N) is 1. The van der Waals surface area contributed by atoms with Crippen molar-refractivity contribution in [3.05, 3.63) is 29.8 Å². The summed E-state index contributed by atoms with van der Waals surface area (Å²) in [5.74, 6) is -0.891. The summed E-state index contributed by atoms with van der Waals surface area (Å²) < 4.78 is 37.9. The number of anilines is 1. The van der Waals surface area contributed by atoms with E-state index < -0.39 is 29.6 Å². The molecule has 22 heavy (non-hydrogen) atoms. The number of amides is 3. The Balaban J connectivity index is 2.04. The van der Waals surface area contributed by atoms with Crippen molar-refractivity contribution < 1.29 is 22.8 Å². The summed E-state index contributed by atoms with van der Waals surface area (Å²) in [7, 11) is 0. The summed E-state index contributed by atoms with van der Waals surface area (Å²) in [6.45, 7) is 0.620. The fraction of sp³-hybridized carbons (Fsp3) is 0.429. The van der Waals surface area contributed by atoms with Gasteiger partial charge in [-0.3, -0.25) is 4.79 Å². The Kier molecular flexibility index (Phi) is 4.58. The molecule has 0 saturated carbocycles. The van der Waals surface area contributed by atoms with Gasteiger partial charge in [-0.15, -0.1) is 0 Å². The number of likely N-dealkylation sites (tertiary alicyclic amines) is 1. The third-order valence-corrected chi connectivity index (χ3v) is 3.55. The fourth-order valence-electron chi connectivity index (χ4n) is 2.37. The van der Waals surface area contributed by atoms with E-state index >= 15 is 0 Å². The molecule has 3 N–H and O–H groups in total. The van der Waals surface area contributed by atoms with Crippen molar-refractivity contribution in [2.24, 2.45) is 11.7 Å². The highest BCUT2D eigenvalue weighted by Gasteiger charge is 2.31. The highest BCUT2D eigenvalue weighted by atomic mass is 19.4. The van der Waals surface area contributed by atoms with Gasteiger partial charge in [0.2, 0.25) is 5.91 Å². The fourth-order valence-corrected chi connectivity index (χ4v) is 2.37. The molecule has 1 unspecified atom stereocenters. The molecule has 0 aliphatic carbocycles. The number of halogens is 3. The molecule has 1 atom stereocenters. The minimum Gasteiger partial charge on any atom is -0.369 e. The normalized spacial score (nSPS) is 18.9. The number of hydrogen-bond donors (Lipinski definition) is 2. The van der Waals surface area contributed by atoms with Gasteiger partial charge in [-0.25, -0.2) is 4.79 Å². The summed E-state index contributed by atoms with van der Waals surface area (Å²) in [6.07, 6.45) is -3.23. The Bertz CT molecular complexity index is 575. The number of rotatable bonds is 2. The third kappa shape index (κ3) is 3.90. The Morgan fingerprint density at radius 3 is 2.68 bits per heavy atom. The van der Waals surface area contributed by atoms with Gasteiger partial charge in [0.1, 0.15) is 0 Å². The minimum atomic E-state index is -4.47. The standard InChI is InChI=1S/C14H16F3N3O2/c15-14(16,17)10-4-1-5-11(7-10)19-13(22)20-6-2-3-9(8-20)12(18)21/h1,4-5,7,9H,2-3,6,8H2,(H2,18,21)(H,19,22). The van der Waals surface area contributed by atoms with Crippen molar-refractivity contribution in [2.45, 2.75) is 19.0 Å². The molecule has 2 rings (SSSR count). The van der Waals surface area contributed by atoms with Crippen LogP contribution in [0.1, 0.15) is 18.4 Å². The number of nitrogens with two attached hydrogens (primary N) is 1. The number of benzene rings is 1. The quantitative estimate of drug-likeness (QED) is 0.879. The zero-order valence-corrected chi connectivity index (χ0v) is 11.7. The van der Waals surface area contributed by atoms with Crippen LogP contribution in [0.2, 0.25) is 0 Å². The zero-order chi connectivity index (χ0) is 16.3. The Labute approximate surface area is 125 Å². The van der Waals surface area contributed by atoms with E-state index in [1.54, 1.807) is 0 Å². The monoisotopic (exact) mass is 315 g/mol. The molecule has 5 nitrogen and oxygen atoms in total. The maximum Gasteiger partial charge on any atom is 0.416 e. The molecular formula is C14H16F3N3O2. The number of hydrogen-bond acceptors (Lipinski definition) is 2. The first-order valence-electron chi connectivity index (χ1n) is 6.80. The van der Waals surface area contributed by atoms with Gasteiger partial charge in [-0.1, -0.05) is 6.07 Å². The third-order valence-electron chi connectivity index (χ3n) is 3.55. The smallest absolute Gasteiger partial charge is 0.369 e. The molecule has 8 heteroatoms. The van der Waals surface area contributed by atoms with E-state index in [0.29, 0.717) is 19.4 Å². The van der Waals surface area contributed by atoms with Crippen LogP contribution in [0.4, 0.5) is 23.7 Å². The number of piperidine rings is 1. The van der Waals surface area contributed by atoms with Crippen molar-refractivity contribution in [2.75, 3.05) is 18.4 Å². The van der Waals surface area contributed by atoms with Gasteiger partial charge in [0.25, 0.3) is 0 Å². The van der Waals surface area contributed by atoms with Gasteiger partial charge in [-0.05, 0) is 31.0 Å². The highest BCUT2D eigenvalue weighted by Crippen LogP contribution is 2.30. The van der Waals surface area contributed by atoms with Gasteiger partial charge in [0.05, 0.1) is 11.5 Å². The van der Waals surface area contributed by atoms with Crippen LogP contribution >= 0.6 is 0 Å². The van der Waals surface area contributed by atoms with Crippen LogP contribution in [-0.4, -0.2) is 29.9 Å². The van der Waals surface area contributed by atoms with E-state index in [2.05, 4.69) is 5.32 Å². The van der Waals surface area contributed by atoms with Crippen LogP contribution in [0.3, 0.4) is 0 Å². The first kappa shape index (κ1) is 16.1. The summed E-state index contributed by atoms with van der Waals surface area (Å²) in [5, 5.41) is 2.42. The molecule has 0 spiro atoms. The second-order valence-electron chi connectivity index (χ2n) is 5.20. The summed E-state index contributed by atoms with van der Waals surface area (Å²) in [5.41, 5.74) is 4.45. The van der Waals surface area contributed by atoms with Gasteiger partial charge in [0.15, 0.2) is 0 Å². The average Bonchev–Trinajstić information content (AvgIpc) is 2.46. The maximum absolute atomic E-state index is 12.6. The molecule has 1 heterocycles. The second-order valence-corrected chi connectivity index (χ2v) is 5.20. The van der Waals surface area contributed by atoms with Crippen molar-refractivity contribution in [3.63, 3.8) is 0 Å². The van der Waals surface area contributed by atoms with Crippen molar-refractivity contribution >= 4 is 17.6 Å². The Morgan fingerprint density at radius 2 is 2.05 bits per heavy atom. The number of urea groups is 1. The number of nitrogens with one attached hydrogen (secondary N) is 1.